The largest absolute Gasteiger partial charge is 0.368 e. The zero-order valence-corrected chi connectivity index (χ0v) is 11.2. The molecule has 0 aliphatic heterocycles. The summed E-state index contributed by atoms with van der Waals surface area (Å²) in [5.41, 5.74) is 6.63. The lowest BCUT2D eigenvalue weighted by atomic mass is 10.1. The quantitative estimate of drug-likeness (QED) is 0.666. The topological polar surface area (TPSA) is 122 Å². The number of nitriles is 1. The van der Waals surface area contributed by atoms with Gasteiger partial charge in [0.05, 0.1) is 16.6 Å². The number of hydrogen-bond acceptors (Lipinski definition) is 7. The molecule has 0 aliphatic rings. The van der Waals surface area contributed by atoms with Gasteiger partial charge in [0.15, 0.2) is 0 Å². The molecule has 0 amide bonds. The van der Waals surface area contributed by atoms with Crippen molar-refractivity contribution in [2.45, 2.75) is 6.54 Å². The Kier molecular flexibility index (Phi) is 3.95. The average Bonchev–Trinajstić information content (AvgIpc) is 2.47. The second-order valence-corrected chi connectivity index (χ2v) is 4.36. The molecule has 1 heterocycles. The van der Waals surface area contributed by atoms with Gasteiger partial charge in [0, 0.05) is 13.6 Å². The summed E-state index contributed by atoms with van der Waals surface area (Å²) in [5, 5.41) is 19.9. The summed E-state index contributed by atoms with van der Waals surface area (Å²) >= 11 is 0. The van der Waals surface area contributed by atoms with Crippen LogP contribution in [0, 0.1) is 21.4 Å². The first-order valence-corrected chi connectivity index (χ1v) is 5.98. The van der Waals surface area contributed by atoms with Crippen LogP contribution < -0.4 is 10.6 Å². The van der Waals surface area contributed by atoms with Crippen LogP contribution >= 0.6 is 0 Å². The lowest BCUT2D eigenvalue weighted by molar-refractivity contribution is -0.384. The number of hydrogen-bond donors (Lipinski definition) is 1. The molecule has 0 radical (unpaired) electrons. The standard InChI is InChI=1S/C13H12N6O2/c1-18(8-10-4-2-3-9(5-10)6-14)12-11(19(20)21)7-16-13(15)17-12/h2-5,7H,8H2,1H3,(H2,15,16,17). The number of nitrogen functional groups attached to an aromatic ring is 1. The predicted octanol–water partition coefficient (Wildman–Crippen LogP) is 1.48. The van der Waals surface area contributed by atoms with Gasteiger partial charge in [0.25, 0.3) is 0 Å². The molecule has 0 spiro atoms. The number of nitro groups is 1. The Morgan fingerprint density at radius 2 is 2.29 bits per heavy atom. The van der Waals surface area contributed by atoms with Crippen molar-refractivity contribution in [3.63, 3.8) is 0 Å². The van der Waals surface area contributed by atoms with Crippen molar-refractivity contribution in [1.29, 1.82) is 5.26 Å². The van der Waals surface area contributed by atoms with Crippen LogP contribution in [0.3, 0.4) is 0 Å². The van der Waals surface area contributed by atoms with E-state index in [1.165, 1.54) is 0 Å². The predicted molar refractivity (Wildman–Crippen MR) is 76.4 cm³/mol. The van der Waals surface area contributed by atoms with Crippen molar-refractivity contribution in [2.75, 3.05) is 17.7 Å². The number of aromatic nitrogens is 2. The third-order valence-corrected chi connectivity index (χ3v) is 2.80. The SMILES string of the molecule is CN(Cc1cccc(C#N)c1)c1nc(N)ncc1[N+](=O)[O-]. The van der Waals surface area contributed by atoms with Crippen LogP contribution in [0.1, 0.15) is 11.1 Å². The number of benzene rings is 1. The van der Waals surface area contributed by atoms with E-state index in [4.69, 9.17) is 11.0 Å². The molecule has 1 aromatic heterocycles. The van der Waals surface area contributed by atoms with E-state index >= 15 is 0 Å². The van der Waals surface area contributed by atoms with Gasteiger partial charge in [-0.2, -0.15) is 10.2 Å². The van der Waals surface area contributed by atoms with Gasteiger partial charge in [-0.15, -0.1) is 0 Å². The highest BCUT2D eigenvalue weighted by Crippen LogP contribution is 2.25. The summed E-state index contributed by atoms with van der Waals surface area (Å²) < 4.78 is 0. The van der Waals surface area contributed by atoms with Gasteiger partial charge in [-0.1, -0.05) is 12.1 Å². The van der Waals surface area contributed by atoms with Crippen LogP contribution in [-0.4, -0.2) is 21.9 Å². The van der Waals surface area contributed by atoms with Gasteiger partial charge >= 0.3 is 5.69 Å². The van der Waals surface area contributed by atoms with Crippen molar-refractivity contribution in [3.8, 4) is 6.07 Å². The van der Waals surface area contributed by atoms with E-state index in [-0.39, 0.29) is 17.5 Å². The van der Waals surface area contributed by atoms with Gasteiger partial charge in [-0.25, -0.2) is 4.98 Å². The molecule has 21 heavy (non-hydrogen) atoms. The first-order chi connectivity index (χ1) is 10.0. The summed E-state index contributed by atoms with van der Waals surface area (Å²) in [6.07, 6.45) is 1.08. The minimum absolute atomic E-state index is 0.0341. The highest BCUT2D eigenvalue weighted by Gasteiger charge is 2.20. The van der Waals surface area contributed by atoms with E-state index in [1.54, 1.807) is 30.1 Å². The van der Waals surface area contributed by atoms with Gasteiger partial charge in [-0.3, -0.25) is 10.1 Å². The van der Waals surface area contributed by atoms with Crippen LogP contribution in [0.15, 0.2) is 30.5 Å². The first kappa shape index (κ1) is 14.2. The minimum atomic E-state index is -0.559. The monoisotopic (exact) mass is 284 g/mol. The maximum absolute atomic E-state index is 11.0. The lowest BCUT2D eigenvalue weighted by Crippen LogP contribution is -2.20. The Balaban J connectivity index is 2.32. The summed E-state index contributed by atoms with van der Waals surface area (Å²) in [5.74, 6) is 0.100. The zero-order valence-electron chi connectivity index (χ0n) is 11.2. The fraction of sp³-hybridized carbons (Fsp3) is 0.154. The molecule has 0 saturated heterocycles. The van der Waals surface area contributed by atoms with Crippen LogP contribution in [0.5, 0.6) is 0 Å². The number of rotatable bonds is 4. The van der Waals surface area contributed by atoms with E-state index in [9.17, 15) is 10.1 Å². The second-order valence-electron chi connectivity index (χ2n) is 4.36. The lowest BCUT2D eigenvalue weighted by Gasteiger charge is -2.18. The molecule has 0 unspecified atom stereocenters. The fourth-order valence-electron chi connectivity index (χ4n) is 1.88. The van der Waals surface area contributed by atoms with Crippen LogP contribution in [-0.2, 0) is 6.54 Å². The molecule has 0 saturated carbocycles. The maximum atomic E-state index is 11.0. The number of nitrogens with zero attached hydrogens (tertiary/aromatic N) is 5. The molecule has 2 N–H and O–H groups in total. The average molecular weight is 284 g/mol. The Hall–Kier alpha value is -3.21. The third kappa shape index (κ3) is 3.22. The van der Waals surface area contributed by atoms with Crippen molar-refractivity contribution in [3.05, 3.63) is 51.7 Å². The van der Waals surface area contributed by atoms with Crippen molar-refractivity contribution in [1.82, 2.24) is 9.97 Å². The van der Waals surface area contributed by atoms with Gasteiger partial charge < -0.3 is 10.6 Å². The summed E-state index contributed by atoms with van der Waals surface area (Å²) in [6, 6.07) is 9.03. The molecule has 8 heteroatoms. The molecule has 8 nitrogen and oxygen atoms in total. The van der Waals surface area contributed by atoms with Gasteiger partial charge in [0.2, 0.25) is 11.8 Å². The van der Waals surface area contributed by atoms with E-state index in [0.29, 0.717) is 12.1 Å². The zero-order chi connectivity index (χ0) is 15.4. The Bertz CT molecular complexity index is 725. The minimum Gasteiger partial charge on any atom is -0.368 e. The van der Waals surface area contributed by atoms with E-state index in [2.05, 4.69) is 9.97 Å². The summed E-state index contributed by atoms with van der Waals surface area (Å²) in [7, 11) is 1.66. The molecule has 0 bridgehead atoms. The normalized spacial score (nSPS) is 9.90. The molecule has 1 aromatic carbocycles. The Morgan fingerprint density at radius 3 is 2.95 bits per heavy atom. The molecule has 106 valence electrons. The molecule has 2 rings (SSSR count). The first-order valence-electron chi connectivity index (χ1n) is 5.98. The highest BCUT2D eigenvalue weighted by molar-refractivity contribution is 5.58. The number of nitrogens with two attached hydrogens (primary N) is 1. The summed E-state index contributed by atoms with van der Waals surface area (Å²) in [6.45, 7) is 0.354. The van der Waals surface area contributed by atoms with Gasteiger partial charge in [0.1, 0.15) is 6.20 Å². The van der Waals surface area contributed by atoms with Crippen LogP contribution in [0.4, 0.5) is 17.5 Å². The third-order valence-electron chi connectivity index (χ3n) is 2.80. The van der Waals surface area contributed by atoms with Gasteiger partial charge in [-0.05, 0) is 17.7 Å². The van der Waals surface area contributed by atoms with E-state index < -0.39 is 4.92 Å². The molecular weight excluding hydrogens is 272 g/mol. The smallest absolute Gasteiger partial charge is 0.329 e. The molecular formula is C13H12N6O2. The van der Waals surface area contributed by atoms with E-state index in [1.807, 2.05) is 12.1 Å². The highest BCUT2D eigenvalue weighted by atomic mass is 16.6. The second kappa shape index (κ2) is 5.83. The molecule has 2 aromatic rings. The van der Waals surface area contributed by atoms with E-state index in [0.717, 1.165) is 11.8 Å². The Morgan fingerprint density at radius 1 is 1.52 bits per heavy atom. The fourth-order valence-corrected chi connectivity index (χ4v) is 1.88. The van der Waals surface area contributed by atoms with Crippen molar-refractivity contribution < 1.29 is 4.92 Å². The molecule has 0 aliphatic carbocycles. The van der Waals surface area contributed by atoms with Crippen molar-refractivity contribution in [2.24, 2.45) is 0 Å². The maximum Gasteiger partial charge on any atom is 0.329 e. The van der Waals surface area contributed by atoms with Crippen LogP contribution in [0.2, 0.25) is 0 Å². The van der Waals surface area contributed by atoms with Crippen LogP contribution in [0.25, 0.3) is 0 Å². The van der Waals surface area contributed by atoms with Crippen molar-refractivity contribution >= 4 is 17.5 Å². The Labute approximate surface area is 120 Å². The molecule has 0 fully saturated rings. The number of anilines is 2. The molecule has 0 atom stereocenters. The summed E-state index contributed by atoms with van der Waals surface area (Å²) in [4.78, 5) is 19.6.